The molecule has 0 aliphatic heterocycles. The Bertz CT molecular complexity index is 934. The van der Waals surface area contributed by atoms with Gasteiger partial charge in [-0.2, -0.15) is 0 Å². The molecule has 1 unspecified atom stereocenters. The Morgan fingerprint density at radius 2 is 2.09 bits per heavy atom. The highest BCUT2D eigenvalue weighted by Gasteiger charge is 2.33. The van der Waals surface area contributed by atoms with E-state index >= 15 is 0 Å². The SMILES string of the molecule is NC(c1nc2cccc(Cl)c2c(=O)n1-c1cccnc1)C1CC1. The predicted octanol–water partition coefficient (Wildman–Crippen LogP) is 2.84. The summed E-state index contributed by atoms with van der Waals surface area (Å²) in [6, 6.07) is 8.61. The maximum Gasteiger partial charge on any atom is 0.267 e. The smallest absolute Gasteiger partial charge is 0.267 e. The topological polar surface area (TPSA) is 73.8 Å². The number of nitrogens with two attached hydrogens (primary N) is 1. The fraction of sp³-hybridized carbons (Fsp3) is 0.235. The van der Waals surface area contributed by atoms with Crippen LogP contribution in [0.2, 0.25) is 5.02 Å². The third-order valence-electron chi connectivity index (χ3n) is 4.20. The van der Waals surface area contributed by atoms with E-state index in [4.69, 9.17) is 17.3 Å². The Labute approximate surface area is 137 Å². The molecule has 0 bridgehead atoms. The second kappa shape index (κ2) is 5.44. The zero-order valence-electron chi connectivity index (χ0n) is 12.3. The number of rotatable bonds is 3. The second-order valence-electron chi connectivity index (χ2n) is 5.82. The first kappa shape index (κ1) is 14.4. The molecule has 1 fully saturated rings. The van der Waals surface area contributed by atoms with Crippen molar-refractivity contribution in [3.8, 4) is 5.69 Å². The molecule has 23 heavy (non-hydrogen) atoms. The summed E-state index contributed by atoms with van der Waals surface area (Å²) in [7, 11) is 0. The quantitative estimate of drug-likeness (QED) is 0.803. The van der Waals surface area contributed by atoms with E-state index in [-0.39, 0.29) is 11.6 Å². The molecule has 5 nitrogen and oxygen atoms in total. The number of hydrogen-bond acceptors (Lipinski definition) is 4. The number of benzene rings is 1. The van der Waals surface area contributed by atoms with Gasteiger partial charge in [-0.1, -0.05) is 17.7 Å². The van der Waals surface area contributed by atoms with Gasteiger partial charge in [0.2, 0.25) is 0 Å². The van der Waals surface area contributed by atoms with E-state index in [2.05, 4.69) is 9.97 Å². The molecule has 2 heterocycles. The number of halogens is 1. The first-order valence-electron chi connectivity index (χ1n) is 7.54. The maximum atomic E-state index is 13.1. The van der Waals surface area contributed by atoms with E-state index in [1.807, 2.05) is 6.07 Å². The molecule has 1 saturated carbocycles. The summed E-state index contributed by atoms with van der Waals surface area (Å²) < 4.78 is 1.55. The van der Waals surface area contributed by atoms with Gasteiger partial charge in [0.05, 0.1) is 33.9 Å². The first-order chi connectivity index (χ1) is 11.2. The van der Waals surface area contributed by atoms with Crippen LogP contribution in [-0.2, 0) is 0 Å². The minimum Gasteiger partial charge on any atom is -0.321 e. The largest absolute Gasteiger partial charge is 0.321 e. The zero-order chi connectivity index (χ0) is 16.0. The minimum atomic E-state index is -0.272. The molecule has 2 aromatic heterocycles. The zero-order valence-corrected chi connectivity index (χ0v) is 13.1. The van der Waals surface area contributed by atoms with Crippen molar-refractivity contribution in [1.82, 2.24) is 14.5 Å². The molecule has 0 amide bonds. The molecule has 0 spiro atoms. The van der Waals surface area contributed by atoms with Crippen molar-refractivity contribution in [3.63, 3.8) is 0 Å². The molecule has 6 heteroatoms. The molecular weight excluding hydrogens is 312 g/mol. The molecule has 116 valence electrons. The van der Waals surface area contributed by atoms with Gasteiger partial charge in [0.25, 0.3) is 5.56 Å². The van der Waals surface area contributed by atoms with Crippen molar-refractivity contribution in [2.75, 3.05) is 0 Å². The van der Waals surface area contributed by atoms with Crippen LogP contribution in [0.4, 0.5) is 0 Å². The van der Waals surface area contributed by atoms with E-state index < -0.39 is 0 Å². The predicted molar refractivity (Wildman–Crippen MR) is 89.8 cm³/mol. The van der Waals surface area contributed by atoms with Crippen molar-refractivity contribution >= 4 is 22.5 Å². The molecular formula is C17H15ClN4O. The van der Waals surface area contributed by atoms with E-state index in [1.165, 1.54) is 0 Å². The summed E-state index contributed by atoms with van der Waals surface area (Å²) in [5.74, 6) is 0.946. The van der Waals surface area contributed by atoms with Gasteiger partial charge < -0.3 is 5.73 Å². The summed E-state index contributed by atoms with van der Waals surface area (Å²) in [6.07, 6.45) is 5.43. The lowest BCUT2D eigenvalue weighted by Crippen LogP contribution is -2.29. The van der Waals surface area contributed by atoms with Crippen molar-refractivity contribution in [3.05, 3.63) is 63.9 Å². The monoisotopic (exact) mass is 326 g/mol. The lowest BCUT2D eigenvalue weighted by Gasteiger charge is -2.18. The van der Waals surface area contributed by atoms with Gasteiger partial charge >= 0.3 is 0 Å². The molecule has 1 aliphatic rings. The first-order valence-corrected chi connectivity index (χ1v) is 7.92. The number of pyridine rings is 1. The molecule has 4 rings (SSSR count). The van der Waals surface area contributed by atoms with Crippen LogP contribution >= 0.6 is 11.6 Å². The van der Waals surface area contributed by atoms with E-state index in [9.17, 15) is 4.79 Å². The summed E-state index contributed by atoms with van der Waals surface area (Å²) in [5, 5.41) is 0.800. The average Bonchev–Trinajstić information content (AvgIpc) is 3.39. The van der Waals surface area contributed by atoms with Gasteiger partial charge in [0.1, 0.15) is 5.82 Å². The van der Waals surface area contributed by atoms with E-state index in [1.54, 1.807) is 41.2 Å². The molecule has 2 N–H and O–H groups in total. The Kier molecular flexibility index (Phi) is 3.39. The van der Waals surface area contributed by atoms with Crippen LogP contribution in [-0.4, -0.2) is 14.5 Å². The number of hydrogen-bond donors (Lipinski definition) is 1. The van der Waals surface area contributed by atoms with Crippen LogP contribution in [0.15, 0.2) is 47.5 Å². The Morgan fingerprint density at radius 1 is 1.26 bits per heavy atom. The van der Waals surface area contributed by atoms with Crippen LogP contribution < -0.4 is 11.3 Å². The molecule has 1 atom stereocenters. The summed E-state index contributed by atoms with van der Waals surface area (Å²) in [4.78, 5) is 21.8. The van der Waals surface area contributed by atoms with Crippen molar-refractivity contribution in [2.24, 2.45) is 11.7 Å². The summed E-state index contributed by atoms with van der Waals surface area (Å²) in [6.45, 7) is 0. The third kappa shape index (κ3) is 2.42. The van der Waals surface area contributed by atoms with Gasteiger partial charge in [0, 0.05) is 6.20 Å². The molecule has 1 aromatic carbocycles. The highest BCUT2D eigenvalue weighted by atomic mass is 35.5. The minimum absolute atomic E-state index is 0.209. The number of fused-ring (bicyclic) bond motifs is 1. The number of nitrogens with zero attached hydrogens (tertiary/aromatic N) is 3. The van der Waals surface area contributed by atoms with E-state index in [0.29, 0.717) is 33.4 Å². The van der Waals surface area contributed by atoms with Crippen molar-refractivity contribution < 1.29 is 0 Å². The fourth-order valence-corrected chi connectivity index (χ4v) is 3.08. The lowest BCUT2D eigenvalue weighted by molar-refractivity contribution is 0.574. The van der Waals surface area contributed by atoms with Gasteiger partial charge in [-0.15, -0.1) is 0 Å². The molecule has 3 aromatic rings. The van der Waals surface area contributed by atoms with Crippen molar-refractivity contribution in [2.45, 2.75) is 18.9 Å². The maximum absolute atomic E-state index is 13.1. The van der Waals surface area contributed by atoms with Crippen LogP contribution in [0.3, 0.4) is 0 Å². The highest BCUT2D eigenvalue weighted by Crippen LogP contribution is 2.39. The average molecular weight is 327 g/mol. The molecule has 0 saturated heterocycles. The van der Waals surface area contributed by atoms with Crippen molar-refractivity contribution in [1.29, 1.82) is 0 Å². The van der Waals surface area contributed by atoms with Gasteiger partial charge in [-0.25, -0.2) is 4.98 Å². The normalized spacial score (nSPS) is 15.7. The highest BCUT2D eigenvalue weighted by molar-refractivity contribution is 6.35. The van der Waals surface area contributed by atoms with Crippen LogP contribution in [0.1, 0.15) is 24.7 Å². The molecule has 0 radical (unpaired) electrons. The standard InChI is InChI=1S/C17H15ClN4O/c18-12-4-1-5-13-14(12)17(23)22(11-3-2-8-20-9-11)16(21-13)15(19)10-6-7-10/h1-5,8-10,15H,6-7,19H2. The second-order valence-corrected chi connectivity index (χ2v) is 6.23. The van der Waals surface area contributed by atoms with Gasteiger partial charge in [-0.05, 0) is 43.0 Å². The van der Waals surface area contributed by atoms with Gasteiger partial charge in [0.15, 0.2) is 0 Å². The Hall–Kier alpha value is -2.24. The summed E-state index contributed by atoms with van der Waals surface area (Å²) >= 11 is 6.23. The Morgan fingerprint density at radius 3 is 2.78 bits per heavy atom. The summed E-state index contributed by atoms with van der Waals surface area (Å²) in [5.41, 5.74) is 7.38. The van der Waals surface area contributed by atoms with Crippen LogP contribution in [0, 0.1) is 5.92 Å². The van der Waals surface area contributed by atoms with Gasteiger partial charge in [-0.3, -0.25) is 14.3 Å². The van der Waals surface area contributed by atoms with E-state index in [0.717, 1.165) is 12.8 Å². The molecule has 1 aliphatic carbocycles. The lowest BCUT2D eigenvalue weighted by atomic mass is 10.1. The third-order valence-corrected chi connectivity index (χ3v) is 4.52. The Balaban J connectivity index is 2.08. The van der Waals surface area contributed by atoms with Crippen LogP contribution in [0.25, 0.3) is 16.6 Å². The number of aromatic nitrogens is 3. The fourth-order valence-electron chi connectivity index (χ4n) is 2.83. The van der Waals surface area contributed by atoms with Crippen LogP contribution in [0.5, 0.6) is 0 Å².